The second-order valence-electron chi connectivity index (χ2n) is 14.3. The molecule has 3 aromatic rings. The fraction of sp³-hybridized carbons (Fsp3) is 0.500. The zero-order chi connectivity index (χ0) is 28.1. The molecule has 222 valence electrons. The zero-order valence-electron chi connectivity index (χ0n) is 24.7. The molecule has 0 radical (unpaired) electrons. The third-order valence-corrected chi connectivity index (χ3v) is 12.7. The first-order chi connectivity index (χ1) is 21.3. The number of hydrazine groups is 4. The first-order valence-electron chi connectivity index (χ1n) is 16.9. The summed E-state index contributed by atoms with van der Waals surface area (Å²) in [5, 5.41) is 5.45. The Labute approximate surface area is 254 Å². The smallest absolute Gasteiger partial charge is 0.0589 e. The Balaban J connectivity index is 1.07. The molecule has 4 heterocycles. The number of piperazine rings is 2. The molecule has 3 aromatic carbocycles. The first kappa shape index (κ1) is 25.7. The third-order valence-electron chi connectivity index (χ3n) is 12.7. The molecular formula is C36H43N7. The van der Waals surface area contributed by atoms with Gasteiger partial charge in [-0.15, -0.1) is 0 Å². The molecule has 10 atom stereocenters. The maximum atomic E-state index is 3.89. The number of rotatable bonds is 3. The van der Waals surface area contributed by atoms with Crippen LogP contribution < -0.4 is 21.9 Å². The van der Waals surface area contributed by atoms with Crippen LogP contribution in [0.1, 0.15) is 73.0 Å². The average Bonchev–Trinajstić information content (AvgIpc) is 3.73. The lowest BCUT2D eigenvalue weighted by atomic mass is 9.63. The van der Waals surface area contributed by atoms with Gasteiger partial charge in [0.15, 0.2) is 0 Å². The zero-order valence-corrected chi connectivity index (χ0v) is 24.7. The Morgan fingerprint density at radius 2 is 0.907 bits per heavy atom. The van der Waals surface area contributed by atoms with Gasteiger partial charge >= 0.3 is 0 Å². The lowest BCUT2D eigenvalue weighted by molar-refractivity contribution is -0.194. The predicted octanol–water partition coefficient (Wildman–Crippen LogP) is 4.02. The molecule has 0 aromatic heterocycles. The van der Waals surface area contributed by atoms with Gasteiger partial charge in [-0.2, -0.15) is 11.1 Å². The summed E-state index contributed by atoms with van der Waals surface area (Å²) in [5.41, 5.74) is 19.9. The van der Waals surface area contributed by atoms with Gasteiger partial charge in [-0.3, -0.25) is 4.90 Å². The third kappa shape index (κ3) is 3.73. The van der Waals surface area contributed by atoms with Crippen molar-refractivity contribution in [2.24, 2.45) is 0 Å². The summed E-state index contributed by atoms with van der Waals surface area (Å²) >= 11 is 0. The lowest BCUT2D eigenvalue weighted by Gasteiger charge is -2.68. The second kappa shape index (κ2) is 9.94. The Hall–Kier alpha value is -2.62. The standard InChI is InChI=1S/C36H43N7/c1-4-10-22(11-5-1)25-20-30-34-31(21-25)43-36-29(19-17-27(33(36)38-40-43)24-14-8-3-9-15-24)41(34)28-18-16-26(23-12-6-2-7-13-23)32-35(28)42(30)39-37-32/h1-15,25-40H,16-21H2. The van der Waals surface area contributed by atoms with Crippen molar-refractivity contribution in [1.29, 1.82) is 0 Å². The van der Waals surface area contributed by atoms with Crippen LogP contribution in [-0.4, -0.2) is 69.3 Å². The molecule has 43 heavy (non-hydrogen) atoms. The first-order valence-corrected chi connectivity index (χ1v) is 16.9. The van der Waals surface area contributed by atoms with Crippen molar-refractivity contribution < 1.29 is 0 Å². The van der Waals surface area contributed by atoms with Crippen LogP contribution >= 0.6 is 0 Å². The normalized spacial score (nSPS) is 43.5. The molecular weight excluding hydrogens is 530 g/mol. The molecule has 0 spiro atoms. The molecule has 7 nitrogen and oxygen atoms in total. The summed E-state index contributed by atoms with van der Waals surface area (Å²) in [6.07, 6.45) is 7.45. The van der Waals surface area contributed by atoms with Crippen LogP contribution in [-0.2, 0) is 0 Å². The van der Waals surface area contributed by atoms with E-state index in [1.54, 1.807) is 0 Å². The number of hydrogen-bond donors (Lipinski definition) is 4. The topological polar surface area (TPSA) is 57.8 Å². The summed E-state index contributed by atoms with van der Waals surface area (Å²) in [5.74, 6) is 1.63. The van der Waals surface area contributed by atoms with E-state index in [9.17, 15) is 0 Å². The van der Waals surface area contributed by atoms with E-state index in [4.69, 9.17) is 0 Å². The minimum atomic E-state index is 0.423. The van der Waals surface area contributed by atoms with Gasteiger partial charge in [0.2, 0.25) is 0 Å². The molecule has 7 heteroatoms. The largest absolute Gasteiger partial charge is 0.288 e. The maximum Gasteiger partial charge on any atom is 0.0589 e. The number of fused-ring (bicyclic) bond motifs is 4. The van der Waals surface area contributed by atoms with Crippen molar-refractivity contribution in [2.75, 3.05) is 0 Å². The molecule has 3 aliphatic carbocycles. The highest BCUT2D eigenvalue weighted by molar-refractivity contribution is 5.32. The van der Waals surface area contributed by atoms with E-state index < -0.39 is 0 Å². The van der Waals surface area contributed by atoms with Crippen molar-refractivity contribution in [1.82, 2.24) is 36.8 Å². The van der Waals surface area contributed by atoms with E-state index in [0.717, 1.165) is 0 Å². The molecule has 0 amide bonds. The lowest BCUT2D eigenvalue weighted by Crippen LogP contribution is -2.83. The van der Waals surface area contributed by atoms with Crippen LogP contribution in [0.25, 0.3) is 0 Å². The Bertz CT molecular complexity index is 1360. The summed E-state index contributed by atoms with van der Waals surface area (Å²) in [4.78, 5) is 3.14. The van der Waals surface area contributed by atoms with Gasteiger partial charge in [-0.25, -0.2) is 20.9 Å². The monoisotopic (exact) mass is 573 g/mol. The molecule has 10 rings (SSSR count). The van der Waals surface area contributed by atoms with Crippen LogP contribution in [0.4, 0.5) is 0 Å². The minimum Gasteiger partial charge on any atom is -0.288 e. The molecule has 7 fully saturated rings. The van der Waals surface area contributed by atoms with Gasteiger partial charge in [0.1, 0.15) is 0 Å². The van der Waals surface area contributed by atoms with E-state index in [0.29, 0.717) is 72.1 Å². The Morgan fingerprint density at radius 3 is 1.37 bits per heavy atom. The van der Waals surface area contributed by atoms with Crippen LogP contribution in [0.3, 0.4) is 0 Å². The number of nitrogens with one attached hydrogen (secondary N) is 4. The molecule has 4 aliphatic heterocycles. The Morgan fingerprint density at radius 1 is 0.465 bits per heavy atom. The molecule has 4 N–H and O–H groups in total. The molecule has 10 unspecified atom stereocenters. The van der Waals surface area contributed by atoms with Gasteiger partial charge in [0.25, 0.3) is 0 Å². The van der Waals surface area contributed by atoms with Gasteiger partial charge < -0.3 is 0 Å². The maximum absolute atomic E-state index is 3.89. The van der Waals surface area contributed by atoms with Crippen molar-refractivity contribution in [3.05, 3.63) is 108 Å². The summed E-state index contributed by atoms with van der Waals surface area (Å²) in [7, 11) is 0. The highest BCUT2D eigenvalue weighted by Crippen LogP contribution is 2.54. The van der Waals surface area contributed by atoms with Gasteiger partial charge in [-0.05, 0) is 61.1 Å². The number of benzene rings is 3. The highest BCUT2D eigenvalue weighted by Gasteiger charge is 2.67. The molecule has 3 saturated carbocycles. The van der Waals surface area contributed by atoms with Gasteiger partial charge in [-0.1, -0.05) is 91.0 Å². The van der Waals surface area contributed by atoms with E-state index in [2.05, 4.69) is 128 Å². The van der Waals surface area contributed by atoms with Crippen molar-refractivity contribution in [2.45, 2.75) is 111 Å². The van der Waals surface area contributed by atoms with Crippen LogP contribution in [0.2, 0.25) is 0 Å². The number of nitrogens with zero attached hydrogens (tertiary/aromatic N) is 3. The molecule has 7 aliphatic rings. The van der Waals surface area contributed by atoms with Crippen LogP contribution in [0.5, 0.6) is 0 Å². The van der Waals surface area contributed by atoms with Crippen molar-refractivity contribution in [3.8, 4) is 0 Å². The van der Waals surface area contributed by atoms with Crippen molar-refractivity contribution in [3.63, 3.8) is 0 Å². The molecule has 4 saturated heterocycles. The van der Waals surface area contributed by atoms with E-state index in [1.807, 2.05) is 0 Å². The minimum absolute atomic E-state index is 0.423. The highest BCUT2D eigenvalue weighted by atomic mass is 15.8. The average molecular weight is 574 g/mol. The summed E-state index contributed by atoms with van der Waals surface area (Å²) < 4.78 is 0. The SMILES string of the molecule is c1ccc(C2CC3C4C(C2)N2NNC5C(c6ccccc6)CCC(C52)N4C2CCC(c4ccccc4)C4NNN3C42)cc1. The fourth-order valence-electron chi connectivity index (χ4n) is 11.2. The quantitative estimate of drug-likeness (QED) is 0.378. The van der Waals surface area contributed by atoms with Crippen molar-refractivity contribution >= 4 is 0 Å². The van der Waals surface area contributed by atoms with E-state index >= 15 is 0 Å². The van der Waals surface area contributed by atoms with E-state index in [1.165, 1.54) is 55.2 Å². The number of hydrogen-bond acceptors (Lipinski definition) is 7. The van der Waals surface area contributed by atoms with Gasteiger partial charge in [0.05, 0.1) is 12.1 Å². The van der Waals surface area contributed by atoms with Crippen LogP contribution in [0, 0.1) is 0 Å². The van der Waals surface area contributed by atoms with Gasteiger partial charge in [0, 0.05) is 54.1 Å². The summed E-state index contributed by atoms with van der Waals surface area (Å²) in [6, 6.07) is 38.4. The predicted molar refractivity (Wildman–Crippen MR) is 167 cm³/mol. The Kier molecular flexibility index (Phi) is 5.94. The molecule has 0 bridgehead atoms. The fourth-order valence-corrected chi connectivity index (χ4v) is 11.2. The van der Waals surface area contributed by atoms with E-state index in [-0.39, 0.29) is 0 Å². The summed E-state index contributed by atoms with van der Waals surface area (Å²) in [6.45, 7) is 0. The van der Waals surface area contributed by atoms with Crippen LogP contribution in [0.15, 0.2) is 91.0 Å². The second-order valence-corrected chi connectivity index (χ2v) is 14.3.